The second-order valence-electron chi connectivity index (χ2n) is 7.94. The Balaban J connectivity index is 2.12. The van der Waals surface area contributed by atoms with E-state index in [1.54, 1.807) is 0 Å². The van der Waals surface area contributed by atoms with Crippen molar-refractivity contribution >= 4 is 17.3 Å². The van der Waals surface area contributed by atoms with Gasteiger partial charge in [-0.2, -0.15) is 9.97 Å². The quantitative estimate of drug-likeness (QED) is 0.670. The summed E-state index contributed by atoms with van der Waals surface area (Å²) in [5.41, 5.74) is 1.98. The topological polar surface area (TPSA) is 62.7 Å². The van der Waals surface area contributed by atoms with Gasteiger partial charge in [-0.15, -0.1) is 0 Å². The molecule has 0 amide bonds. The van der Waals surface area contributed by atoms with Crippen LogP contribution in [0.1, 0.15) is 66.0 Å². The van der Waals surface area contributed by atoms with Gasteiger partial charge in [-0.05, 0) is 30.5 Å². The Bertz CT molecular complexity index is 706. The summed E-state index contributed by atoms with van der Waals surface area (Å²) in [4.78, 5) is 13.7. The smallest absolute Gasteiger partial charge is 0.230 e. The van der Waals surface area contributed by atoms with E-state index >= 15 is 0 Å². The van der Waals surface area contributed by atoms with Crippen molar-refractivity contribution in [2.24, 2.45) is 5.92 Å². The standard InChI is InChI=1S/C21H33N5/c1-7-15(3)12-13-22-16-10-9-11-17(14-16)23-20-25-18(8-2)24-19(26-20)21(4,5)6/h9-11,14-15,22H,7-8,12-13H2,1-6H3,(H,23,24,25,26). The van der Waals surface area contributed by atoms with Crippen LogP contribution in [0, 0.1) is 5.92 Å². The molecule has 1 atom stereocenters. The van der Waals surface area contributed by atoms with Gasteiger partial charge in [-0.3, -0.25) is 0 Å². The first-order chi connectivity index (χ1) is 12.3. The van der Waals surface area contributed by atoms with Crippen molar-refractivity contribution < 1.29 is 0 Å². The molecule has 0 saturated heterocycles. The van der Waals surface area contributed by atoms with Gasteiger partial charge in [-0.25, -0.2) is 4.98 Å². The molecule has 2 aromatic rings. The maximum absolute atomic E-state index is 4.62. The van der Waals surface area contributed by atoms with E-state index in [-0.39, 0.29) is 5.41 Å². The monoisotopic (exact) mass is 355 g/mol. The molecule has 5 heteroatoms. The molecule has 0 aliphatic rings. The molecule has 1 aromatic carbocycles. The Hall–Kier alpha value is -2.17. The fourth-order valence-electron chi connectivity index (χ4n) is 2.47. The predicted molar refractivity (Wildman–Crippen MR) is 110 cm³/mol. The molecule has 0 bridgehead atoms. The van der Waals surface area contributed by atoms with E-state index in [4.69, 9.17) is 0 Å². The van der Waals surface area contributed by atoms with Gasteiger partial charge in [0, 0.05) is 29.8 Å². The number of nitrogens with one attached hydrogen (secondary N) is 2. The Morgan fingerprint density at radius 2 is 1.77 bits per heavy atom. The number of benzene rings is 1. The zero-order valence-corrected chi connectivity index (χ0v) is 17.1. The molecule has 26 heavy (non-hydrogen) atoms. The molecule has 1 unspecified atom stereocenters. The summed E-state index contributed by atoms with van der Waals surface area (Å²) in [5, 5.41) is 6.84. The van der Waals surface area contributed by atoms with Crippen LogP contribution in [0.4, 0.5) is 17.3 Å². The van der Waals surface area contributed by atoms with E-state index in [2.05, 4.69) is 79.3 Å². The zero-order valence-electron chi connectivity index (χ0n) is 17.1. The molecule has 0 spiro atoms. The average molecular weight is 356 g/mol. The van der Waals surface area contributed by atoms with E-state index in [1.807, 2.05) is 12.1 Å². The van der Waals surface area contributed by atoms with Gasteiger partial charge >= 0.3 is 0 Å². The highest BCUT2D eigenvalue weighted by Gasteiger charge is 2.19. The molecule has 142 valence electrons. The lowest BCUT2D eigenvalue weighted by Gasteiger charge is -2.18. The van der Waals surface area contributed by atoms with Crippen molar-refractivity contribution in [3.8, 4) is 0 Å². The fraction of sp³-hybridized carbons (Fsp3) is 0.571. The number of hydrogen-bond acceptors (Lipinski definition) is 5. The van der Waals surface area contributed by atoms with Crippen LogP contribution in [-0.2, 0) is 11.8 Å². The molecule has 0 radical (unpaired) electrons. The number of aryl methyl sites for hydroxylation is 1. The Kier molecular flexibility index (Phi) is 6.95. The van der Waals surface area contributed by atoms with Gasteiger partial charge in [0.1, 0.15) is 11.6 Å². The van der Waals surface area contributed by atoms with E-state index < -0.39 is 0 Å². The SMILES string of the molecule is CCc1nc(Nc2cccc(NCCC(C)CC)c2)nc(C(C)(C)C)n1. The Morgan fingerprint density at radius 1 is 1.04 bits per heavy atom. The van der Waals surface area contributed by atoms with Crippen molar-refractivity contribution in [1.82, 2.24) is 15.0 Å². The second kappa shape index (κ2) is 8.97. The minimum atomic E-state index is -0.108. The number of hydrogen-bond donors (Lipinski definition) is 2. The maximum Gasteiger partial charge on any atom is 0.230 e. The summed E-state index contributed by atoms with van der Waals surface area (Å²) in [7, 11) is 0. The van der Waals surface area contributed by atoms with E-state index in [9.17, 15) is 0 Å². The predicted octanol–water partition coefficient (Wildman–Crippen LogP) is 5.32. The van der Waals surface area contributed by atoms with Crippen molar-refractivity contribution in [3.05, 3.63) is 35.9 Å². The largest absolute Gasteiger partial charge is 0.385 e. The van der Waals surface area contributed by atoms with Crippen LogP contribution < -0.4 is 10.6 Å². The first kappa shape index (κ1) is 20.1. The molecule has 0 aliphatic carbocycles. The van der Waals surface area contributed by atoms with E-state index in [0.29, 0.717) is 5.95 Å². The molecule has 2 N–H and O–H groups in total. The highest BCUT2D eigenvalue weighted by Crippen LogP contribution is 2.22. The molecule has 0 fully saturated rings. The van der Waals surface area contributed by atoms with Crippen molar-refractivity contribution in [1.29, 1.82) is 0 Å². The lowest BCUT2D eigenvalue weighted by Crippen LogP contribution is -2.19. The molecular weight excluding hydrogens is 322 g/mol. The highest BCUT2D eigenvalue weighted by molar-refractivity contribution is 5.61. The second-order valence-corrected chi connectivity index (χ2v) is 7.94. The third kappa shape index (κ3) is 5.97. The van der Waals surface area contributed by atoms with Crippen LogP contribution >= 0.6 is 0 Å². The van der Waals surface area contributed by atoms with Gasteiger partial charge in [0.05, 0.1) is 0 Å². The molecule has 2 rings (SSSR count). The number of anilines is 3. The molecule has 5 nitrogen and oxygen atoms in total. The third-order valence-electron chi connectivity index (χ3n) is 4.45. The van der Waals surface area contributed by atoms with Crippen LogP contribution in [0.2, 0.25) is 0 Å². The first-order valence-electron chi connectivity index (χ1n) is 9.68. The average Bonchev–Trinajstić information content (AvgIpc) is 2.60. The Labute approximate surface area is 158 Å². The summed E-state index contributed by atoms with van der Waals surface area (Å²) in [6.07, 6.45) is 3.19. The molecule has 0 saturated carbocycles. The van der Waals surface area contributed by atoms with Gasteiger partial charge in [-0.1, -0.05) is 54.0 Å². The van der Waals surface area contributed by atoms with Crippen molar-refractivity contribution in [2.45, 2.75) is 66.2 Å². The van der Waals surface area contributed by atoms with E-state index in [1.165, 1.54) is 12.8 Å². The zero-order chi connectivity index (χ0) is 19.2. The van der Waals surface area contributed by atoms with Crippen LogP contribution in [0.15, 0.2) is 24.3 Å². The Morgan fingerprint density at radius 3 is 2.42 bits per heavy atom. The van der Waals surface area contributed by atoms with Crippen LogP contribution in [0.5, 0.6) is 0 Å². The maximum atomic E-state index is 4.62. The van der Waals surface area contributed by atoms with Gasteiger partial charge < -0.3 is 10.6 Å². The summed E-state index contributed by atoms with van der Waals surface area (Å²) in [6.45, 7) is 13.9. The van der Waals surface area contributed by atoms with Crippen LogP contribution in [0.3, 0.4) is 0 Å². The van der Waals surface area contributed by atoms with Crippen LogP contribution in [0.25, 0.3) is 0 Å². The van der Waals surface area contributed by atoms with Gasteiger partial charge in [0.2, 0.25) is 5.95 Å². The summed E-state index contributed by atoms with van der Waals surface area (Å²) in [6, 6.07) is 8.27. The molecule has 1 heterocycles. The summed E-state index contributed by atoms with van der Waals surface area (Å²) < 4.78 is 0. The summed E-state index contributed by atoms with van der Waals surface area (Å²) in [5.74, 6) is 2.99. The normalized spacial score (nSPS) is 12.7. The minimum Gasteiger partial charge on any atom is -0.385 e. The third-order valence-corrected chi connectivity index (χ3v) is 4.45. The van der Waals surface area contributed by atoms with Gasteiger partial charge in [0.25, 0.3) is 0 Å². The molecule has 0 aliphatic heterocycles. The molecule has 1 aromatic heterocycles. The van der Waals surface area contributed by atoms with Crippen molar-refractivity contribution in [2.75, 3.05) is 17.2 Å². The highest BCUT2D eigenvalue weighted by atomic mass is 15.2. The van der Waals surface area contributed by atoms with E-state index in [0.717, 1.165) is 41.9 Å². The number of rotatable bonds is 8. The molecular formula is C21H33N5. The van der Waals surface area contributed by atoms with Gasteiger partial charge in [0.15, 0.2) is 0 Å². The minimum absolute atomic E-state index is 0.108. The number of nitrogens with zero attached hydrogens (tertiary/aromatic N) is 3. The lowest BCUT2D eigenvalue weighted by atomic mass is 9.96. The van der Waals surface area contributed by atoms with Crippen molar-refractivity contribution in [3.63, 3.8) is 0 Å². The number of aromatic nitrogens is 3. The summed E-state index contributed by atoms with van der Waals surface area (Å²) >= 11 is 0. The fourth-order valence-corrected chi connectivity index (χ4v) is 2.47. The first-order valence-corrected chi connectivity index (χ1v) is 9.68. The lowest BCUT2D eigenvalue weighted by molar-refractivity contribution is 0.532. The van der Waals surface area contributed by atoms with Crippen LogP contribution in [-0.4, -0.2) is 21.5 Å².